The zero-order valence-corrected chi connectivity index (χ0v) is 11.7. The molecule has 0 aliphatic rings. The minimum Gasteiger partial charge on any atom is -0.507 e. The molecule has 0 bridgehead atoms. The molecule has 0 fully saturated rings. The van der Waals surface area contributed by atoms with Crippen LogP contribution in [0.15, 0.2) is 0 Å². The van der Waals surface area contributed by atoms with Crippen molar-refractivity contribution < 1.29 is 5.11 Å². The normalized spacial score (nSPS) is 11.9. The third-order valence-corrected chi connectivity index (χ3v) is 3.13. The third-order valence-electron chi connectivity index (χ3n) is 2.91. The quantitative estimate of drug-likeness (QED) is 0.753. The Bertz CT molecular complexity index is 389. The van der Waals surface area contributed by atoms with Crippen molar-refractivity contribution in [1.29, 1.82) is 0 Å². The predicted octanol–water partition coefficient (Wildman–Crippen LogP) is 3.58. The molecular weight excluding hydrogens is 216 g/mol. The Labute approximate surface area is 104 Å². The SMILES string of the molecule is Cc1[c]c(CCS)c(C(C)(C)C)c(O)c1C. The van der Waals surface area contributed by atoms with E-state index in [-0.39, 0.29) is 5.41 Å². The largest absolute Gasteiger partial charge is 0.507 e. The van der Waals surface area contributed by atoms with Crippen LogP contribution in [0.2, 0.25) is 0 Å². The number of aryl methyl sites for hydroxylation is 2. The highest BCUT2D eigenvalue weighted by Gasteiger charge is 2.24. The molecule has 1 rings (SSSR count). The topological polar surface area (TPSA) is 20.2 Å². The maximum absolute atomic E-state index is 10.3. The number of hydrogen-bond donors (Lipinski definition) is 2. The van der Waals surface area contributed by atoms with E-state index in [9.17, 15) is 5.11 Å². The molecule has 1 nitrogen and oxygen atoms in total. The first-order valence-corrected chi connectivity index (χ1v) is 6.28. The van der Waals surface area contributed by atoms with Gasteiger partial charge in [-0.05, 0) is 54.2 Å². The summed E-state index contributed by atoms with van der Waals surface area (Å²) in [6.45, 7) is 10.3. The summed E-state index contributed by atoms with van der Waals surface area (Å²) in [6.07, 6.45) is 0.852. The number of rotatable bonds is 2. The number of hydrogen-bond acceptors (Lipinski definition) is 2. The molecule has 0 aliphatic carbocycles. The highest BCUT2D eigenvalue weighted by Crippen LogP contribution is 2.37. The number of phenols is 1. The molecule has 16 heavy (non-hydrogen) atoms. The lowest BCUT2D eigenvalue weighted by molar-refractivity contribution is 0.440. The maximum Gasteiger partial charge on any atom is 0.122 e. The Morgan fingerprint density at radius 2 is 1.81 bits per heavy atom. The van der Waals surface area contributed by atoms with Gasteiger partial charge in [0, 0.05) is 5.56 Å². The van der Waals surface area contributed by atoms with Gasteiger partial charge < -0.3 is 5.11 Å². The van der Waals surface area contributed by atoms with Crippen LogP contribution < -0.4 is 0 Å². The molecule has 1 aromatic carbocycles. The van der Waals surface area contributed by atoms with Gasteiger partial charge in [0.25, 0.3) is 0 Å². The lowest BCUT2D eigenvalue weighted by Gasteiger charge is -2.25. The van der Waals surface area contributed by atoms with Crippen molar-refractivity contribution in [3.63, 3.8) is 0 Å². The molecule has 0 heterocycles. The first kappa shape index (κ1) is 13.4. The fraction of sp³-hybridized carbons (Fsp3) is 0.571. The zero-order valence-electron chi connectivity index (χ0n) is 10.8. The maximum atomic E-state index is 10.3. The second-order valence-electron chi connectivity index (χ2n) is 5.30. The number of thiol groups is 1. The van der Waals surface area contributed by atoms with Crippen molar-refractivity contribution in [1.82, 2.24) is 0 Å². The van der Waals surface area contributed by atoms with Crippen LogP contribution in [0.4, 0.5) is 0 Å². The van der Waals surface area contributed by atoms with Gasteiger partial charge in [-0.15, -0.1) is 0 Å². The van der Waals surface area contributed by atoms with Crippen LogP contribution >= 0.6 is 12.6 Å². The molecular formula is C14H21OS. The van der Waals surface area contributed by atoms with E-state index < -0.39 is 0 Å². The van der Waals surface area contributed by atoms with E-state index in [2.05, 4.69) is 39.5 Å². The predicted molar refractivity (Wildman–Crippen MR) is 72.7 cm³/mol. The molecule has 0 atom stereocenters. The van der Waals surface area contributed by atoms with E-state index in [4.69, 9.17) is 0 Å². The van der Waals surface area contributed by atoms with E-state index in [0.29, 0.717) is 5.75 Å². The molecule has 1 N–H and O–H groups in total. The zero-order chi connectivity index (χ0) is 12.5. The number of phenolic OH excluding ortho intramolecular Hbond substituents is 1. The first-order valence-electron chi connectivity index (χ1n) is 5.64. The van der Waals surface area contributed by atoms with Crippen molar-refractivity contribution in [2.75, 3.05) is 5.75 Å². The molecule has 1 aromatic rings. The second-order valence-corrected chi connectivity index (χ2v) is 5.75. The second kappa shape index (κ2) is 4.70. The Balaban J connectivity index is 3.48. The molecule has 0 saturated carbocycles. The van der Waals surface area contributed by atoms with Crippen molar-refractivity contribution in [3.05, 3.63) is 28.3 Å². The van der Waals surface area contributed by atoms with Gasteiger partial charge in [-0.3, -0.25) is 0 Å². The van der Waals surface area contributed by atoms with Crippen molar-refractivity contribution in [2.45, 2.75) is 46.5 Å². The Morgan fingerprint density at radius 1 is 1.25 bits per heavy atom. The summed E-state index contributed by atoms with van der Waals surface area (Å²) in [5.41, 5.74) is 4.03. The van der Waals surface area contributed by atoms with Crippen LogP contribution in [0.5, 0.6) is 5.75 Å². The smallest absolute Gasteiger partial charge is 0.122 e. The molecule has 0 saturated heterocycles. The fourth-order valence-corrected chi connectivity index (χ4v) is 2.22. The van der Waals surface area contributed by atoms with Gasteiger partial charge in [0.1, 0.15) is 5.75 Å². The molecule has 0 spiro atoms. The Kier molecular flexibility index (Phi) is 3.95. The van der Waals surface area contributed by atoms with Crippen molar-refractivity contribution in [2.24, 2.45) is 0 Å². The van der Waals surface area contributed by atoms with E-state index in [0.717, 1.165) is 34.4 Å². The summed E-state index contributed by atoms with van der Waals surface area (Å²) in [5, 5.41) is 10.3. The van der Waals surface area contributed by atoms with Crippen LogP contribution in [0, 0.1) is 19.9 Å². The lowest BCUT2D eigenvalue weighted by Crippen LogP contribution is -2.16. The van der Waals surface area contributed by atoms with Crippen molar-refractivity contribution in [3.8, 4) is 5.75 Å². The summed E-state index contributed by atoms with van der Waals surface area (Å²) >= 11 is 4.27. The van der Waals surface area contributed by atoms with Crippen LogP contribution in [0.3, 0.4) is 0 Å². The van der Waals surface area contributed by atoms with Gasteiger partial charge >= 0.3 is 0 Å². The average molecular weight is 237 g/mol. The highest BCUT2D eigenvalue weighted by molar-refractivity contribution is 7.80. The van der Waals surface area contributed by atoms with Crippen LogP contribution in [-0.4, -0.2) is 10.9 Å². The van der Waals surface area contributed by atoms with E-state index in [1.165, 1.54) is 0 Å². The molecule has 2 heteroatoms. The minimum absolute atomic E-state index is 0.0582. The van der Waals surface area contributed by atoms with E-state index >= 15 is 0 Å². The van der Waals surface area contributed by atoms with Crippen LogP contribution in [-0.2, 0) is 11.8 Å². The van der Waals surface area contributed by atoms with Gasteiger partial charge in [0.15, 0.2) is 0 Å². The summed E-state index contributed by atoms with van der Waals surface area (Å²) in [6, 6.07) is 3.38. The van der Waals surface area contributed by atoms with Gasteiger partial charge in [0.05, 0.1) is 0 Å². The molecule has 0 aliphatic heterocycles. The Hall–Kier alpha value is -0.630. The van der Waals surface area contributed by atoms with Gasteiger partial charge in [-0.1, -0.05) is 20.8 Å². The van der Waals surface area contributed by atoms with Crippen molar-refractivity contribution >= 4 is 12.6 Å². The van der Waals surface area contributed by atoms with Gasteiger partial charge in [-0.2, -0.15) is 12.6 Å². The van der Waals surface area contributed by atoms with E-state index in [1.54, 1.807) is 0 Å². The molecule has 1 radical (unpaired) electrons. The monoisotopic (exact) mass is 237 g/mol. The third kappa shape index (κ3) is 2.54. The number of aromatic hydroxyl groups is 1. The minimum atomic E-state index is -0.0582. The van der Waals surface area contributed by atoms with Crippen LogP contribution in [0.25, 0.3) is 0 Å². The fourth-order valence-electron chi connectivity index (χ4n) is 2.00. The Morgan fingerprint density at radius 3 is 2.25 bits per heavy atom. The molecule has 89 valence electrons. The summed E-state index contributed by atoms with van der Waals surface area (Å²) in [4.78, 5) is 0. The average Bonchev–Trinajstić information content (AvgIpc) is 2.12. The number of benzene rings is 1. The van der Waals surface area contributed by atoms with Crippen LogP contribution in [0.1, 0.15) is 43.0 Å². The summed E-state index contributed by atoms with van der Waals surface area (Å²) < 4.78 is 0. The van der Waals surface area contributed by atoms with Gasteiger partial charge in [0.2, 0.25) is 0 Å². The molecule has 0 unspecified atom stereocenters. The highest BCUT2D eigenvalue weighted by atomic mass is 32.1. The summed E-state index contributed by atoms with van der Waals surface area (Å²) in [7, 11) is 0. The lowest BCUT2D eigenvalue weighted by atomic mass is 9.80. The molecule has 0 amide bonds. The van der Waals surface area contributed by atoms with Gasteiger partial charge in [-0.25, -0.2) is 0 Å². The standard InChI is InChI=1S/C14H21OS/c1-9-8-11(6-7-16)12(14(3,4)5)13(15)10(9)2/h15-16H,6-7H2,1-5H3. The first-order chi connectivity index (χ1) is 7.29. The summed E-state index contributed by atoms with van der Waals surface area (Å²) in [5.74, 6) is 1.21. The van der Waals surface area contributed by atoms with E-state index in [1.807, 2.05) is 13.8 Å². The molecule has 0 aromatic heterocycles.